The Bertz CT molecular complexity index is 792. The highest BCUT2D eigenvalue weighted by Crippen LogP contribution is 2.27. The first-order valence-electron chi connectivity index (χ1n) is 9.83. The molecule has 0 radical (unpaired) electrons. The van der Waals surface area contributed by atoms with Gasteiger partial charge in [-0.25, -0.2) is 14.4 Å². The molecule has 1 amide bonds. The fraction of sp³-hybridized carbons (Fsp3) is 0.476. The summed E-state index contributed by atoms with van der Waals surface area (Å²) in [6.45, 7) is 1.71. The number of nitrogens with zero attached hydrogens (tertiary/aromatic N) is 3. The first-order valence-corrected chi connectivity index (χ1v) is 9.83. The molecule has 0 spiro atoms. The molecule has 5 nitrogen and oxygen atoms in total. The summed E-state index contributed by atoms with van der Waals surface area (Å²) in [6.07, 6.45) is 11.3. The van der Waals surface area contributed by atoms with E-state index in [4.69, 9.17) is 0 Å². The quantitative estimate of drug-likeness (QED) is 0.902. The molecule has 2 atom stereocenters. The summed E-state index contributed by atoms with van der Waals surface area (Å²) in [5.41, 5.74) is 1.56. The zero-order valence-corrected chi connectivity index (χ0v) is 15.4. The monoisotopic (exact) mass is 368 g/mol. The van der Waals surface area contributed by atoms with Crippen LogP contribution in [0.15, 0.2) is 36.9 Å². The first-order chi connectivity index (χ1) is 13.2. The Balaban J connectivity index is 1.57. The maximum Gasteiger partial charge on any atom is 0.257 e. The zero-order valence-electron chi connectivity index (χ0n) is 15.4. The summed E-state index contributed by atoms with van der Waals surface area (Å²) in [4.78, 5) is 23.0. The Morgan fingerprint density at radius 3 is 2.63 bits per heavy atom. The second kappa shape index (κ2) is 8.13. The minimum Gasteiger partial charge on any atom is -0.334 e. The molecule has 2 fully saturated rings. The van der Waals surface area contributed by atoms with E-state index < -0.39 is 5.82 Å². The van der Waals surface area contributed by atoms with E-state index in [0.717, 1.165) is 37.8 Å². The number of nitrogens with one attached hydrogen (secondary N) is 1. The summed E-state index contributed by atoms with van der Waals surface area (Å²) in [7, 11) is 0. The van der Waals surface area contributed by atoms with Gasteiger partial charge in [-0.1, -0.05) is 12.5 Å². The zero-order chi connectivity index (χ0) is 18.6. The van der Waals surface area contributed by atoms with Gasteiger partial charge in [0.05, 0.1) is 5.56 Å². The molecular weight excluding hydrogens is 343 g/mol. The van der Waals surface area contributed by atoms with Crippen molar-refractivity contribution in [2.45, 2.75) is 50.6 Å². The maximum absolute atomic E-state index is 14.8. The topological polar surface area (TPSA) is 58.1 Å². The van der Waals surface area contributed by atoms with Gasteiger partial charge in [0.2, 0.25) is 0 Å². The highest BCUT2D eigenvalue weighted by molar-refractivity contribution is 5.95. The highest BCUT2D eigenvalue weighted by Gasteiger charge is 2.34. The fourth-order valence-corrected chi connectivity index (χ4v) is 4.31. The summed E-state index contributed by atoms with van der Waals surface area (Å²) in [6, 6.07) is 5.26. The smallest absolute Gasteiger partial charge is 0.257 e. The lowest BCUT2D eigenvalue weighted by atomic mass is 9.89. The second-order valence-electron chi connectivity index (χ2n) is 7.44. The molecule has 27 heavy (non-hydrogen) atoms. The van der Waals surface area contributed by atoms with Crippen LogP contribution in [0.3, 0.4) is 0 Å². The summed E-state index contributed by atoms with van der Waals surface area (Å²) >= 11 is 0. The second-order valence-corrected chi connectivity index (χ2v) is 7.44. The number of carbonyl (C=O) groups is 1. The summed E-state index contributed by atoms with van der Waals surface area (Å²) in [5, 5.41) is 3.57. The number of likely N-dealkylation sites (tertiary alicyclic amines) is 1. The van der Waals surface area contributed by atoms with Gasteiger partial charge in [0.25, 0.3) is 5.91 Å². The van der Waals surface area contributed by atoms with Crippen LogP contribution in [0.4, 0.5) is 4.39 Å². The van der Waals surface area contributed by atoms with Crippen molar-refractivity contribution in [3.8, 4) is 11.1 Å². The van der Waals surface area contributed by atoms with E-state index in [1.807, 2.05) is 4.90 Å². The van der Waals surface area contributed by atoms with Gasteiger partial charge in [0.15, 0.2) is 0 Å². The highest BCUT2D eigenvalue weighted by atomic mass is 19.1. The molecule has 1 aromatic carbocycles. The number of rotatable bonds is 3. The molecule has 4 rings (SSSR count). The molecule has 142 valence electrons. The molecular formula is C21H25FN4O. The van der Waals surface area contributed by atoms with Crippen LogP contribution in [0.25, 0.3) is 11.1 Å². The summed E-state index contributed by atoms with van der Waals surface area (Å²) < 4.78 is 14.8. The lowest BCUT2D eigenvalue weighted by Gasteiger charge is -2.42. The average molecular weight is 368 g/mol. The predicted molar refractivity (Wildman–Crippen MR) is 102 cm³/mol. The molecule has 3 heterocycles. The fourth-order valence-electron chi connectivity index (χ4n) is 4.31. The molecule has 2 aliphatic rings. The Labute approximate surface area is 159 Å². The van der Waals surface area contributed by atoms with E-state index in [9.17, 15) is 9.18 Å². The van der Waals surface area contributed by atoms with Gasteiger partial charge in [0.1, 0.15) is 12.1 Å². The van der Waals surface area contributed by atoms with Crippen molar-refractivity contribution in [3.05, 3.63) is 48.3 Å². The van der Waals surface area contributed by atoms with E-state index >= 15 is 0 Å². The Morgan fingerprint density at radius 1 is 1.07 bits per heavy atom. The number of amides is 1. The van der Waals surface area contributed by atoms with Crippen molar-refractivity contribution in [3.63, 3.8) is 0 Å². The largest absolute Gasteiger partial charge is 0.334 e. The number of hydrogen-bond donors (Lipinski definition) is 1. The molecule has 0 aliphatic carbocycles. The van der Waals surface area contributed by atoms with E-state index in [-0.39, 0.29) is 17.5 Å². The van der Waals surface area contributed by atoms with Gasteiger partial charge >= 0.3 is 0 Å². The van der Waals surface area contributed by atoms with Crippen LogP contribution in [-0.4, -0.2) is 45.9 Å². The number of aromatic nitrogens is 2. The predicted octanol–water partition coefficient (Wildman–Crippen LogP) is 3.42. The van der Waals surface area contributed by atoms with E-state index in [2.05, 4.69) is 15.3 Å². The molecule has 1 aromatic heterocycles. The minimum absolute atomic E-state index is 0.151. The van der Waals surface area contributed by atoms with Crippen molar-refractivity contribution in [2.24, 2.45) is 0 Å². The normalized spacial score (nSPS) is 23.2. The van der Waals surface area contributed by atoms with Crippen LogP contribution in [0.1, 0.15) is 48.9 Å². The Morgan fingerprint density at radius 2 is 1.89 bits per heavy atom. The van der Waals surface area contributed by atoms with Crippen molar-refractivity contribution >= 4 is 5.91 Å². The molecule has 2 saturated heterocycles. The van der Waals surface area contributed by atoms with Crippen LogP contribution < -0.4 is 5.32 Å². The van der Waals surface area contributed by atoms with Gasteiger partial charge < -0.3 is 10.2 Å². The van der Waals surface area contributed by atoms with Gasteiger partial charge in [-0.05, 0) is 56.3 Å². The van der Waals surface area contributed by atoms with Crippen LogP contribution in [0.2, 0.25) is 0 Å². The van der Waals surface area contributed by atoms with E-state index in [1.165, 1.54) is 25.2 Å². The Kier molecular flexibility index (Phi) is 5.43. The lowest BCUT2D eigenvalue weighted by Crippen LogP contribution is -2.55. The van der Waals surface area contributed by atoms with E-state index in [0.29, 0.717) is 18.2 Å². The first kappa shape index (κ1) is 18.0. The third-order valence-corrected chi connectivity index (χ3v) is 5.72. The number of benzene rings is 1. The molecule has 0 saturated carbocycles. The van der Waals surface area contributed by atoms with Crippen molar-refractivity contribution < 1.29 is 9.18 Å². The molecule has 0 bridgehead atoms. The van der Waals surface area contributed by atoms with Crippen LogP contribution in [0, 0.1) is 5.82 Å². The standard InChI is InChI=1S/C21H25FN4O/c22-18-11-15(16-12-23-14-24-13-16)7-8-17(18)21(27)26-10-4-2-6-20(26)19-5-1-3-9-25-19/h7-8,11-14,19-20,25H,1-6,9-10H2. The van der Waals surface area contributed by atoms with Gasteiger partial charge in [-0.3, -0.25) is 4.79 Å². The van der Waals surface area contributed by atoms with Gasteiger partial charge in [0, 0.05) is 36.6 Å². The number of hydrogen-bond acceptors (Lipinski definition) is 4. The average Bonchev–Trinajstić information content (AvgIpc) is 2.74. The van der Waals surface area contributed by atoms with Gasteiger partial charge in [-0.2, -0.15) is 0 Å². The molecule has 2 unspecified atom stereocenters. The maximum atomic E-state index is 14.8. The molecule has 1 N–H and O–H groups in total. The third-order valence-electron chi connectivity index (χ3n) is 5.72. The number of piperidine rings is 2. The SMILES string of the molecule is O=C(c1ccc(-c2cncnc2)cc1F)N1CCCCC1C1CCCCN1. The van der Waals surface area contributed by atoms with Gasteiger partial charge in [-0.15, -0.1) is 0 Å². The third kappa shape index (κ3) is 3.86. The lowest BCUT2D eigenvalue weighted by molar-refractivity contribution is 0.0526. The number of carbonyl (C=O) groups excluding carboxylic acids is 1. The van der Waals surface area contributed by atoms with Crippen molar-refractivity contribution in [1.82, 2.24) is 20.2 Å². The van der Waals surface area contributed by atoms with E-state index in [1.54, 1.807) is 24.5 Å². The number of halogens is 1. The van der Waals surface area contributed by atoms with Crippen LogP contribution in [0.5, 0.6) is 0 Å². The molecule has 2 aromatic rings. The van der Waals surface area contributed by atoms with Crippen molar-refractivity contribution in [1.29, 1.82) is 0 Å². The van der Waals surface area contributed by atoms with Crippen LogP contribution in [-0.2, 0) is 0 Å². The Hall–Kier alpha value is -2.34. The van der Waals surface area contributed by atoms with Crippen molar-refractivity contribution in [2.75, 3.05) is 13.1 Å². The minimum atomic E-state index is -0.484. The molecule has 2 aliphatic heterocycles. The molecule has 6 heteroatoms. The summed E-state index contributed by atoms with van der Waals surface area (Å²) in [5.74, 6) is -0.678. The van der Waals surface area contributed by atoms with Crippen LogP contribution >= 0.6 is 0 Å².